The Hall–Kier alpha value is -3.07. The van der Waals surface area contributed by atoms with Gasteiger partial charge in [-0.25, -0.2) is 9.18 Å². The maximum absolute atomic E-state index is 13.6. The van der Waals surface area contributed by atoms with E-state index in [-0.39, 0.29) is 12.2 Å². The number of aliphatic hydroxyl groups is 1. The van der Waals surface area contributed by atoms with Crippen molar-refractivity contribution in [2.45, 2.75) is 44.6 Å². The zero-order valence-corrected chi connectivity index (χ0v) is 16.9. The molecule has 3 aromatic rings. The molecule has 1 fully saturated rings. The van der Waals surface area contributed by atoms with Crippen molar-refractivity contribution in [2.24, 2.45) is 0 Å². The van der Waals surface area contributed by atoms with E-state index < -0.39 is 6.10 Å². The molecule has 3 nitrogen and oxygen atoms in total. The Morgan fingerprint density at radius 2 is 1.97 bits per heavy atom. The van der Waals surface area contributed by atoms with Crippen molar-refractivity contribution in [1.82, 2.24) is 4.98 Å². The second kappa shape index (κ2) is 8.74. The largest absolute Gasteiger partial charge is 0.389 e. The molecule has 2 aromatic carbocycles. The summed E-state index contributed by atoms with van der Waals surface area (Å²) >= 11 is 0. The number of aliphatic hydroxyl groups excluding tert-OH is 1. The molecule has 0 spiro atoms. The molecule has 1 aromatic heterocycles. The van der Waals surface area contributed by atoms with Crippen LogP contribution in [0.4, 0.5) is 4.39 Å². The third-order valence-electron chi connectivity index (χ3n) is 5.57. The van der Waals surface area contributed by atoms with Crippen LogP contribution in [0.5, 0.6) is 0 Å². The van der Waals surface area contributed by atoms with Gasteiger partial charge in [0.15, 0.2) is 0 Å². The van der Waals surface area contributed by atoms with Crippen LogP contribution in [0.25, 0.3) is 28.1 Å². The first-order chi connectivity index (χ1) is 14.6. The van der Waals surface area contributed by atoms with E-state index in [0.29, 0.717) is 17.9 Å². The number of para-hydroxylation sites is 1. The minimum absolute atomic E-state index is 0.266. The number of rotatable bonds is 7. The molecule has 1 atom stereocenters. The molecule has 152 valence electrons. The van der Waals surface area contributed by atoms with E-state index in [9.17, 15) is 14.3 Å². The molecule has 30 heavy (non-hydrogen) atoms. The topological polar surface area (TPSA) is 50.2 Å². The molecular formula is C26H24FNO2. The van der Waals surface area contributed by atoms with Crippen molar-refractivity contribution in [3.63, 3.8) is 0 Å². The fourth-order valence-corrected chi connectivity index (χ4v) is 3.80. The molecule has 0 saturated heterocycles. The van der Waals surface area contributed by atoms with Crippen LogP contribution in [0.3, 0.4) is 0 Å². The minimum Gasteiger partial charge on any atom is -0.389 e. The number of carbonyl (C=O) groups excluding carboxylic acids is 1. The van der Waals surface area contributed by atoms with Gasteiger partial charge in [-0.2, -0.15) is 0 Å². The summed E-state index contributed by atoms with van der Waals surface area (Å²) in [5, 5.41) is 11.4. The summed E-state index contributed by atoms with van der Waals surface area (Å²) in [6, 6.07) is 14.5. The van der Waals surface area contributed by atoms with Crippen molar-refractivity contribution in [3.05, 3.63) is 77.3 Å². The summed E-state index contributed by atoms with van der Waals surface area (Å²) in [6.45, 7) is 1.88. The SMILES string of the molecule is CCC(=C=O)CC(O)/C=C/c1c(C2CC2)nc2ccccc2c1-c1ccc(F)cc1. The molecule has 0 amide bonds. The van der Waals surface area contributed by atoms with Crippen molar-refractivity contribution >= 4 is 22.9 Å². The zero-order chi connectivity index (χ0) is 21.1. The van der Waals surface area contributed by atoms with Crippen LogP contribution in [-0.2, 0) is 4.79 Å². The van der Waals surface area contributed by atoms with Crippen LogP contribution in [0.1, 0.15) is 49.8 Å². The molecule has 0 bridgehead atoms. The van der Waals surface area contributed by atoms with E-state index in [2.05, 4.69) is 0 Å². The van der Waals surface area contributed by atoms with Gasteiger partial charge in [0.2, 0.25) is 0 Å². The first kappa shape index (κ1) is 20.2. The van der Waals surface area contributed by atoms with Gasteiger partial charge in [0.05, 0.1) is 17.3 Å². The molecule has 1 aliphatic rings. The molecule has 4 rings (SSSR count). The van der Waals surface area contributed by atoms with Gasteiger partial charge in [-0.05, 0) is 43.0 Å². The van der Waals surface area contributed by atoms with Crippen molar-refractivity contribution < 1.29 is 14.3 Å². The van der Waals surface area contributed by atoms with E-state index in [4.69, 9.17) is 4.98 Å². The average molecular weight is 401 g/mol. The maximum Gasteiger partial charge on any atom is 0.123 e. The Morgan fingerprint density at radius 1 is 1.23 bits per heavy atom. The van der Waals surface area contributed by atoms with Crippen molar-refractivity contribution in [3.8, 4) is 11.1 Å². The van der Waals surface area contributed by atoms with Crippen LogP contribution in [-0.4, -0.2) is 22.1 Å². The molecule has 1 unspecified atom stereocenters. The van der Waals surface area contributed by atoms with Crippen molar-refractivity contribution in [1.29, 1.82) is 0 Å². The Morgan fingerprint density at radius 3 is 2.63 bits per heavy atom. The number of hydrogen-bond donors (Lipinski definition) is 1. The molecule has 0 aliphatic heterocycles. The zero-order valence-electron chi connectivity index (χ0n) is 16.9. The Kier molecular flexibility index (Phi) is 5.89. The van der Waals surface area contributed by atoms with Crippen LogP contribution >= 0.6 is 0 Å². The van der Waals surface area contributed by atoms with Crippen LogP contribution in [0.2, 0.25) is 0 Å². The van der Waals surface area contributed by atoms with E-state index in [1.807, 2.05) is 43.2 Å². The highest BCUT2D eigenvalue weighted by molar-refractivity contribution is 5.99. The van der Waals surface area contributed by atoms with Gasteiger partial charge in [-0.15, -0.1) is 0 Å². The van der Waals surface area contributed by atoms with Crippen molar-refractivity contribution in [2.75, 3.05) is 0 Å². The van der Waals surface area contributed by atoms with Gasteiger partial charge in [0.25, 0.3) is 0 Å². The van der Waals surface area contributed by atoms with Gasteiger partial charge in [-0.1, -0.05) is 49.4 Å². The number of aromatic nitrogens is 1. The average Bonchev–Trinajstić information content (AvgIpc) is 3.61. The molecule has 1 N–H and O–H groups in total. The first-order valence-corrected chi connectivity index (χ1v) is 10.4. The van der Waals surface area contributed by atoms with Gasteiger partial charge in [0, 0.05) is 34.4 Å². The predicted octanol–water partition coefficient (Wildman–Crippen LogP) is 5.85. The van der Waals surface area contributed by atoms with Gasteiger partial charge < -0.3 is 5.11 Å². The standard InChI is InChI=1S/C26H24FNO2/c1-2-17(16-29)15-21(30)13-14-23-25(18-9-11-20(27)12-10-18)22-5-3-4-6-24(22)28-26(23)19-7-8-19/h3-6,9-14,19,21,30H,2,7-8,15H2,1H3/b14-13+. The molecule has 0 radical (unpaired) electrons. The molecule has 1 aliphatic carbocycles. The number of fused-ring (bicyclic) bond motifs is 1. The fourth-order valence-electron chi connectivity index (χ4n) is 3.80. The van der Waals surface area contributed by atoms with Crippen LogP contribution in [0, 0.1) is 5.82 Å². The third kappa shape index (κ3) is 4.25. The fraction of sp³-hybridized carbons (Fsp3) is 0.269. The molecular weight excluding hydrogens is 377 g/mol. The monoisotopic (exact) mass is 401 g/mol. The van der Waals surface area contributed by atoms with E-state index in [0.717, 1.165) is 46.1 Å². The van der Waals surface area contributed by atoms with Crippen LogP contribution < -0.4 is 0 Å². The van der Waals surface area contributed by atoms with Gasteiger partial charge >= 0.3 is 0 Å². The highest BCUT2D eigenvalue weighted by Gasteiger charge is 2.29. The number of nitrogens with zero attached hydrogens (tertiary/aromatic N) is 1. The number of benzene rings is 2. The lowest BCUT2D eigenvalue weighted by molar-refractivity contribution is 0.224. The summed E-state index contributed by atoms with van der Waals surface area (Å²) in [5.41, 5.74) is 5.34. The smallest absolute Gasteiger partial charge is 0.123 e. The Bertz CT molecular complexity index is 1140. The highest BCUT2D eigenvalue weighted by atomic mass is 19.1. The molecule has 4 heteroatoms. The van der Waals surface area contributed by atoms with Gasteiger partial charge in [0.1, 0.15) is 11.8 Å². The lowest BCUT2D eigenvalue weighted by Gasteiger charge is -2.16. The second-order valence-corrected chi connectivity index (χ2v) is 7.77. The summed E-state index contributed by atoms with van der Waals surface area (Å²) in [4.78, 5) is 15.9. The van der Waals surface area contributed by atoms with E-state index in [1.165, 1.54) is 12.1 Å². The summed E-state index contributed by atoms with van der Waals surface area (Å²) in [5.74, 6) is 2.03. The molecule has 1 saturated carbocycles. The minimum atomic E-state index is -0.777. The third-order valence-corrected chi connectivity index (χ3v) is 5.57. The van der Waals surface area contributed by atoms with E-state index >= 15 is 0 Å². The first-order valence-electron chi connectivity index (χ1n) is 10.4. The van der Waals surface area contributed by atoms with Gasteiger partial charge in [-0.3, -0.25) is 4.98 Å². The molecule has 1 heterocycles. The maximum atomic E-state index is 13.6. The second-order valence-electron chi connectivity index (χ2n) is 7.77. The number of hydrogen-bond acceptors (Lipinski definition) is 3. The summed E-state index contributed by atoms with van der Waals surface area (Å²) < 4.78 is 13.6. The summed E-state index contributed by atoms with van der Waals surface area (Å²) in [6.07, 6.45) is 5.87. The number of pyridine rings is 1. The predicted molar refractivity (Wildman–Crippen MR) is 118 cm³/mol. The number of halogens is 1. The normalized spacial score (nSPS) is 14.8. The Balaban J connectivity index is 1.87. The highest BCUT2D eigenvalue weighted by Crippen LogP contribution is 2.45. The van der Waals surface area contributed by atoms with E-state index in [1.54, 1.807) is 18.2 Å². The Labute approximate surface area is 175 Å². The summed E-state index contributed by atoms with van der Waals surface area (Å²) in [7, 11) is 0. The lowest BCUT2D eigenvalue weighted by atomic mass is 9.92. The quantitative estimate of drug-likeness (QED) is 0.505. The lowest BCUT2D eigenvalue weighted by Crippen LogP contribution is -2.04. The van der Waals surface area contributed by atoms with Crippen LogP contribution in [0.15, 0.2) is 60.2 Å².